The third-order valence-corrected chi connectivity index (χ3v) is 4.03. The van der Waals surface area contributed by atoms with Crippen molar-refractivity contribution >= 4 is 52.5 Å². The van der Waals surface area contributed by atoms with Crippen molar-refractivity contribution in [2.75, 3.05) is 12.4 Å². The molecule has 0 aliphatic carbocycles. The Morgan fingerprint density at radius 2 is 2.00 bits per heavy atom. The van der Waals surface area contributed by atoms with Gasteiger partial charge in [0.05, 0.1) is 7.11 Å². The standard InChI is InChI=1S/C16H13Cl3N2O2/c1-3-9-13(7-14(19)21-15(9)16(22)23-2)20-8-10-11(17)5-4-6-12(10)18/h3-7H,1,8H2,2H3,(H,20,21). The molecule has 23 heavy (non-hydrogen) atoms. The molecule has 0 saturated carbocycles. The molecule has 1 heterocycles. The van der Waals surface area contributed by atoms with Gasteiger partial charge in [0, 0.05) is 33.4 Å². The van der Waals surface area contributed by atoms with Crippen molar-refractivity contribution in [3.05, 3.63) is 62.9 Å². The van der Waals surface area contributed by atoms with E-state index in [4.69, 9.17) is 39.5 Å². The van der Waals surface area contributed by atoms with Gasteiger partial charge in [-0.1, -0.05) is 53.5 Å². The molecule has 0 bridgehead atoms. The first-order valence-electron chi connectivity index (χ1n) is 6.56. The van der Waals surface area contributed by atoms with Gasteiger partial charge in [-0.2, -0.15) is 0 Å². The van der Waals surface area contributed by atoms with Gasteiger partial charge < -0.3 is 10.1 Å². The first kappa shape index (κ1) is 17.6. The number of pyridine rings is 1. The van der Waals surface area contributed by atoms with Crippen molar-refractivity contribution in [1.82, 2.24) is 4.98 Å². The second-order valence-corrected chi connectivity index (χ2v) is 5.71. The predicted octanol–water partition coefficient (Wildman–Crippen LogP) is 5.08. The molecule has 2 aromatic rings. The minimum atomic E-state index is -0.596. The first-order valence-corrected chi connectivity index (χ1v) is 7.69. The van der Waals surface area contributed by atoms with E-state index in [0.29, 0.717) is 27.8 Å². The van der Waals surface area contributed by atoms with Gasteiger partial charge >= 0.3 is 5.97 Å². The predicted molar refractivity (Wildman–Crippen MR) is 94.5 cm³/mol. The summed E-state index contributed by atoms with van der Waals surface area (Å²) >= 11 is 18.3. The van der Waals surface area contributed by atoms with Gasteiger partial charge in [-0.15, -0.1) is 0 Å². The monoisotopic (exact) mass is 370 g/mol. The highest BCUT2D eigenvalue weighted by atomic mass is 35.5. The van der Waals surface area contributed by atoms with Crippen LogP contribution in [0.1, 0.15) is 21.6 Å². The maximum absolute atomic E-state index is 11.8. The van der Waals surface area contributed by atoms with E-state index in [-0.39, 0.29) is 10.8 Å². The quantitative estimate of drug-likeness (QED) is 0.588. The van der Waals surface area contributed by atoms with Crippen molar-refractivity contribution < 1.29 is 9.53 Å². The molecular formula is C16H13Cl3N2O2. The summed E-state index contributed by atoms with van der Waals surface area (Å²) in [5, 5.41) is 4.39. The van der Waals surface area contributed by atoms with Crippen molar-refractivity contribution in [2.24, 2.45) is 0 Å². The van der Waals surface area contributed by atoms with E-state index < -0.39 is 5.97 Å². The fourth-order valence-electron chi connectivity index (χ4n) is 2.01. The molecule has 7 heteroatoms. The Balaban J connectivity index is 2.38. The SMILES string of the molecule is C=Cc1c(NCc2c(Cl)cccc2Cl)cc(Cl)nc1C(=O)OC. The van der Waals surface area contributed by atoms with Crippen molar-refractivity contribution in [1.29, 1.82) is 0 Å². The van der Waals surface area contributed by atoms with Crippen LogP contribution in [0, 0.1) is 0 Å². The van der Waals surface area contributed by atoms with Crippen molar-refractivity contribution in [2.45, 2.75) is 6.54 Å². The number of methoxy groups -OCH3 is 1. The summed E-state index contributed by atoms with van der Waals surface area (Å²) in [7, 11) is 1.27. The van der Waals surface area contributed by atoms with E-state index >= 15 is 0 Å². The van der Waals surface area contributed by atoms with E-state index in [2.05, 4.69) is 16.9 Å². The van der Waals surface area contributed by atoms with Gasteiger partial charge in [0.15, 0.2) is 5.69 Å². The molecule has 0 radical (unpaired) electrons. The fraction of sp³-hybridized carbons (Fsp3) is 0.125. The molecule has 4 nitrogen and oxygen atoms in total. The molecule has 0 amide bonds. The fourth-order valence-corrected chi connectivity index (χ4v) is 2.74. The molecule has 0 spiro atoms. The number of aromatic nitrogens is 1. The topological polar surface area (TPSA) is 51.2 Å². The number of hydrogen-bond acceptors (Lipinski definition) is 4. The Morgan fingerprint density at radius 1 is 1.35 bits per heavy atom. The number of rotatable bonds is 5. The summed E-state index contributed by atoms with van der Waals surface area (Å²) in [6, 6.07) is 6.86. The lowest BCUT2D eigenvalue weighted by Gasteiger charge is -2.14. The summed E-state index contributed by atoms with van der Waals surface area (Å²) in [6.45, 7) is 4.05. The number of benzene rings is 1. The van der Waals surface area contributed by atoms with Gasteiger partial charge in [0.2, 0.25) is 0 Å². The summed E-state index contributed by atoms with van der Waals surface area (Å²) in [4.78, 5) is 15.8. The Kier molecular flexibility index (Phi) is 5.88. The van der Waals surface area contributed by atoms with Crippen LogP contribution in [-0.4, -0.2) is 18.1 Å². The van der Waals surface area contributed by atoms with E-state index in [1.54, 1.807) is 24.3 Å². The number of carbonyl (C=O) groups excluding carboxylic acids is 1. The van der Waals surface area contributed by atoms with E-state index in [1.165, 1.54) is 13.2 Å². The Hall–Kier alpha value is -1.75. The van der Waals surface area contributed by atoms with Crippen molar-refractivity contribution in [3.8, 4) is 0 Å². The van der Waals surface area contributed by atoms with Crippen LogP contribution in [0.3, 0.4) is 0 Å². The van der Waals surface area contributed by atoms with Gasteiger partial charge in [0.1, 0.15) is 5.15 Å². The molecule has 1 aromatic carbocycles. The number of esters is 1. The minimum absolute atomic E-state index is 0.0859. The highest BCUT2D eigenvalue weighted by Crippen LogP contribution is 2.28. The van der Waals surface area contributed by atoms with Gasteiger partial charge in [0.25, 0.3) is 0 Å². The van der Waals surface area contributed by atoms with E-state index in [1.807, 2.05) is 0 Å². The van der Waals surface area contributed by atoms with Crippen LogP contribution in [0.2, 0.25) is 15.2 Å². The lowest BCUT2D eigenvalue weighted by molar-refractivity contribution is 0.0594. The number of hydrogen-bond donors (Lipinski definition) is 1. The molecule has 0 aliphatic rings. The summed E-state index contributed by atoms with van der Waals surface area (Å²) < 4.78 is 4.71. The maximum atomic E-state index is 11.8. The lowest BCUT2D eigenvalue weighted by Crippen LogP contribution is -2.10. The maximum Gasteiger partial charge on any atom is 0.357 e. The third-order valence-electron chi connectivity index (χ3n) is 3.13. The average Bonchev–Trinajstić information content (AvgIpc) is 2.53. The Bertz CT molecular complexity index is 743. The van der Waals surface area contributed by atoms with Gasteiger partial charge in [-0.05, 0) is 18.2 Å². The first-order chi connectivity index (χ1) is 11.0. The second-order valence-electron chi connectivity index (χ2n) is 4.50. The number of nitrogens with zero attached hydrogens (tertiary/aromatic N) is 1. The minimum Gasteiger partial charge on any atom is -0.464 e. The number of ether oxygens (including phenoxy) is 1. The zero-order valence-electron chi connectivity index (χ0n) is 12.2. The summed E-state index contributed by atoms with van der Waals surface area (Å²) in [6.07, 6.45) is 1.51. The lowest BCUT2D eigenvalue weighted by atomic mass is 10.1. The molecular weight excluding hydrogens is 359 g/mol. The largest absolute Gasteiger partial charge is 0.464 e. The number of halogens is 3. The van der Waals surface area contributed by atoms with Crippen LogP contribution in [0.4, 0.5) is 5.69 Å². The Morgan fingerprint density at radius 3 is 2.57 bits per heavy atom. The van der Waals surface area contributed by atoms with E-state index in [0.717, 1.165) is 5.56 Å². The molecule has 1 N–H and O–H groups in total. The molecule has 120 valence electrons. The zero-order valence-corrected chi connectivity index (χ0v) is 14.5. The van der Waals surface area contributed by atoms with Gasteiger partial charge in [-0.3, -0.25) is 0 Å². The molecule has 2 rings (SSSR count). The van der Waals surface area contributed by atoms with Gasteiger partial charge in [-0.25, -0.2) is 9.78 Å². The highest BCUT2D eigenvalue weighted by molar-refractivity contribution is 6.36. The number of carbonyl (C=O) groups is 1. The molecule has 0 saturated heterocycles. The van der Waals surface area contributed by atoms with Crippen LogP contribution < -0.4 is 5.32 Å². The van der Waals surface area contributed by atoms with Crippen LogP contribution in [-0.2, 0) is 11.3 Å². The second kappa shape index (κ2) is 7.68. The average molecular weight is 372 g/mol. The third kappa shape index (κ3) is 3.96. The van der Waals surface area contributed by atoms with Crippen LogP contribution in [0.5, 0.6) is 0 Å². The van der Waals surface area contributed by atoms with E-state index in [9.17, 15) is 4.79 Å². The van der Waals surface area contributed by atoms with Crippen LogP contribution >= 0.6 is 34.8 Å². The normalized spacial score (nSPS) is 10.3. The van der Waals surface area contributed by atoms with Crippen LogP contribution in [0.25, 0.3) is 6.08 Å². The van der Waals surface area contributed by atoms with Crippen LogP contribution in [0.15, 0.2) is 30.8 Å². The van der Waals surface area contributed by atoms with Crippen molar-refractivity contribution in [3.63, 3.8) is 0 Å². The molecule has 0 atom stereocenters. The summed E-state index contributed by atoms with van der Waals surface area (Å²) in [5.74, 6) is -0.596. The summed E-state index contributed by atoms with van der Waals surface area (Å²) in [5.41, 5.74) is 1.89. The molecule has 0 fully saturated rings. The zero-order chi connectivity index (χ0) is 17.0. The highest BCUT2D eigenvalue weighted by Gasteiger charge is 2.17. The number of nitrogens with one attached hydrogen (secondary N) is 1. The molecule has 1 aromatic heterocycles. The number of anilines is 1. The molecule has 0 aliphatic heterocycles. The Labute approximate surface area is 149 Å². The molecule has 0 unspecified atom stereocenters. The smallest absolute Gasteiger partial charge is 0.357 e.